The van der Waals surface area contributed by atoms with Crippen molar-refractivity contribution in [2.45, 2.75) is 217 Å². The van der Waals surface area contributed by atoms with Crippen LogP contribution in [0.15, 0.2) is 24.3 Å². The summed E-state index contributed by atoms with van der Waals surface area (Å²) in [5.74, 6) is -0.717. The molecule has 0 bridgehead atoms. The van der Waals surface area contributed by atoms with Crippen LogP contribution in [0.4, 0.5) is 0 Å². The van der Waals surface area contributed by atoms with Gasteiger partial charge in [0.2, 0.25) is 5.91 Å². The van der Waals surface area contributed by atoms with E-state index < -0.39 is 74.2 Å². The van der Waals surface area contributed by atoms with Crippen molar-refractivity contribution in [1.29, 1.82) is 0 Å². The van der Waals surface area contributed by atoms with Gasteiger partial charge < -0.3 is 50.5 Å². The lowest BCUT2D eigenvalue weighted by atomic mass is 9.98. The highest BCUT2D eigenvalue weighted by molar-refractivity contribution is 5.80. The van der Waals surface area contributed by atoms with Crippen LogP contribution in [0.1, 0.15) is 162 Å². The molecule has 0 aromatic rings. The predicted molar refractivity (Wildman–Crippen MR) is 205 cm³/mol. The molecule has 1 fully saturated rings. The number of amides is 1. The summed E-state index contributed by atoms with van der Waals surface area (Å²) in [5, 5.41) is 74.9. The highest BCUT2D eigenvalue weighted by atomic mass is 16.7. The molecule has 1 saturated heterocycles. The van der Waals surface area contributed by atoms with Crippen LogP contribution in [0.25, 0.3) is 0 Å². The first-order chi connectivity index (χ1) is 25.2. The van der Waals surface area contributed by atoms with E-state index in [4.69, 9.17) is 9.47 Å². The van der Waals surface area contributed by atoms with Crippen LogP contribution in [-0.2, 0) is 14.3 Å². The molecule has 0 saturated carbocycles. The molecule has 1 aliphatic heterocycles. The van der Waals surface area contributed by atoms with Crippen molar-refractivity contribution >= 4 is 5.91 Å². The van der Waals surface area contributed by atoms with E-state index in [2.05, 4.69) is 37.4 Å². The average molecular weight is 744 g/mol. The Morgan fingerprint density at radius 1 is 0.654 bits per heavy atom. The maximum Gasteiger partial charge on any atom is 0.249 e. The van der Waals surface area contributed by atoms with Crippen molar-refractivity contribution in [3.05, 3.63) is 24.3 Å². The number of nitrogens with one attached hydrogen (secondary N) is 1. The zero-order valence-corrected chi connectivity index (χ0v) is 32.5. The zero-order valence-electron chi connectivity index (χ0n) is 32.5. The molecular weight excluding hydrogens is 666 g/mol. The minimum absolute atomic E-state index is 0.246. The molecular formula is C41H77NO10. The van der Waals surface area contributed by atoms with E-state index in [1.165, 1.54) is 64.2 Å². The smallest absolute Gasteiger partial charge is 0.249 e. The number of rotatable bonds is 33. The summed E-state index contributed by atoms with van der Waals surface area (Å²) >= 11 is 0. The zero-order chi connectivity index (χ0) is 38.4. The van der Waals surface area contributed by atoms with Crippen LogP contribution < -0.4 is 5.32 Å². The van der Waals surface area contributed by atoms with Crippen LogP contribution in [0.2, 0.25) is 0 Å². The van der Waals surface area contributed by atoms with Crippen molar-refractivity contribution in [1.82, 2.24) is 5.32 Å². The molecule has 8 N–H and O–H groups in total. The standard InChI is InChI=1S/C41H77NO10/c1-3-5-7-9-11-12-13-14-15-16-17-18-19-20-21-22-23-25-27-29-34(45)40(50)42-32(36(46)33(44)28-26-24-10-8-6-4-2)31-51-41-39(49)38(48)37(47)35(30-43)52-41/h8,10,17-18,32-39,41,43-49H,3-7,9,11-16,19-31H2,1-2H3,(H,42,50)/b10-8+,18-17-. The highest BCUT2D eigenvalue weighted by Crippen LogP contribution is 2.23. The number of ether oxygens (including phenoxy) is 2. The summed E-state index contributed by atoms with van der Waals surface area (Å²) in [4.78, 5) is 13.0. The van der Waals surface area contributed by atoms with Gasteiger partial charge in [-0.2, -0.15) is 0 Å². The van der Waals surface area contributed by atoms with Gasteiger partial charge in [0, 0.05) is 0 Å². The Bertz CT molecular complexity index is 903. The Hall–Kier alpha value is -1.41. The fourth-order valence-electron chi connectivity index (χ4n) is 6.44. The van der Waals surface area contributed by atoms with Crippen LogP contribution in [0.3, 0.4) is 0 Å². The number of allylic oxidation sites excluding steroid dienone is 4. The van der Waals surface area contributed by atoms with Gasteiger partial charge in [0.1, 0.15) is 36.6 Å². The molecule has 52 heavy (non-hydrogen) atoms. The van der Waals surface area contributed by atoms with Crippen molar-refractivity contribution in [2.75, 3.05) is 13.2 Å². The monoisotopic (exact) mass is 744 g/mol. The lowest BCUT2D eigenvalue weighted by molar-refractivity contribution is -0.303. The molecule has 1 rings (SSSR count). The Morgan fingerprint density at radius 2 is 1.17 bits per heavy atom. The molecule has 11 nitrogen and oxygen atoms in total. The van der Waals surface area contributed by atoms with Crippen LogP contribution in [0, 0.1) is 0 Å². The normalized spacial score (nSPS) is 23.3. The fourth-order valence-corrected chi connectivity index (χ4v) is 6.44. The molecule has 9 unspecified atom stereocenters. The summed E-state index contributed by atoms with van der Waals surface area (Å²) in [6.45, 7) is 3.27. The highest BCUT2D eigenvalue weighted by Gasteiger charge is 2.44. The van der Waals surface area contributed by atoms with Gasteiger partial charge in [-0.15, -0.1) is 0 Å². The number of aliphatic hydroxyl groups excluding tert-OH is 7. The van der Waals surface area contributed by atoms with E-state index in [0.717, 1.165) is 57.8 Å². The van der Waals surface area contributed by atoms with E-state index in [9.17, 15) is 40.5 Å². The first kappa shape index (κ1) is 48.6. The van der Waals surface area contributed by atoms with E-state index in [1.54, 1.807) is 0 Å². The van der Waals surface area contributed by atoms with Crippen molar-refractivity contribution in [2.24, 2.45) is 0 Å². The molecule has 0 aliphatic carbocycles. The van der Waals surface area contributed by atoms with E-state index in [1.807, 2.05) is 6.08 Å². The Morgan fingerprint density at radius 3 is 1.73 bits per heavy atom. The van der Waals surface area contributed by atoms with Crippen molar-refractivity contribution < 1.29 is 50.0 Å². The minimum Gasteiger partial charge on any atom is -0.394 e. The minimum atomic E-state index is -1.66. The van der Waals surface area contributed by atoms with Gasteiger partial charge >= 0.3 is 0 Å². The van der Waals surface area contributed by atoms with Crippen LogP contribution in [-0.4, -0.2) is 110 Å². The molecule has 0 radical (unpaired) electrons. The summed E-state index contributed by atoms with van der Waals surface area (Å²) < 4.78 is 11.0. The van der Waals surface area contributed by atoms with Crippen molar-refractivity contribution in [3.63, 3.8) is 0 Å². The second kappa shape index (κ2) is 31.9. The summed E-state index contributed by atoms with van der Waals surface area (Å²) in [6.07, 6.45) is 21.5. The topological polar surface area (TPSA) is 189 Å². The molecule has 11 heteroatoms. The van der Waals surface area contributed by atoms with Gasteiger partial charge in [-0.1, -0.05) is 128 Å². The Kier molecular flexibility index (Phi) is 29.8. The number of aliphatic hydroxyl groups is 7. The average Bonchev–Trinajstić information content (AvgIpc) is 3.14. The van der Waals surface area contributed by atoms with Gasteiger partial charge in [-0.3, -0.25) is 4.79 Å². The molecule has 0 spiro atoms. The molecule has 0 aromatic heterocycles. The molecule has 1 aliphatic rings. The maximum absolute atomic E-state index is 13.0. The third-order valence-corrected chi connectivity index (χ3v) is 9.96. The SMILES string of the molecule is CCC/C=C/CCCC(O)C(O)C(COC1OC(CO)C(O)C(O)C1O)NC(=O)C(O)CCCCCCCC/C=C\CCCCCCCCCCC. The van der Waals surface area contributed by atoms with Gasteiger partial charge in [-0.05, 0) is 57.8 Å². The first-order valence-electron chi connectivity index (χ1n) is 20.7. The van der Waals surface area contributed by atoms with E-state index in [-0.39, 0.29) is 12.8 Å². The number of carbonyl (C=O) groups excluding carboxylic acids is 1. The maximum atomic E-state index is 13.0. The lowest BCUT2D eigenvalue weighted by Crippen LogP contribution is -2.60. The van der Waals surface area contributed by atoms with Crippen LogP contribution >= 0.6 is 0 Å². The quantitative estimate of drug-likeness (QED) is 0.0315. The molecule has 1 amide bonds. The van der Waals surface area contributed by atoms with Gasteiger partial charge in [-0.25, -0.2) is 0 Å². The largest absolute Gasteiger partial charge is 0.394 e. The predicted octanol–water partition coefficient (Wildman–Crippen LogP) is 5.49. The second-order valence-corrected chi connectivity index (χ2v) is 14.7. The third-order valence-electron chi connectivity index (χ3n) is 9.96. The number of unbranched alkanes of at least 4 members (excludes halogenated alkanes) is 17. The molecule has 306 valence electrons. The third kappa shape index (κ3) is 22.1. The van der Waals surface area contributed by atoms with Crippen molar-refractivity contribution in [3.8, 4) is 0 Å². The number of hydrogen-bond donors (Lipinski definition) is 8. The summed E-state index contributed by atoms with van der Waals surface area (Å²) in [6, 6.07) is -1.18. The Labute approximate surface area is 314 Å². The number of hydrogen-bond acceptors (Lipinski definition) is 10. The molecule has 1 heterocycles. The van der Waals surface area contributed by atoms with Gasteiger partial charge in [0.15, 0.2) is 6.29 Å². The van der Waals surface area contributed by atoms with Gasteiger partial charge in [0.05, 0.1) is 25.4 Å². The molecule has 9 atom stereocenters. The summed E-state index contributed by atoms with van der Waals surface area (Å²) in [7, 11) is 0. The Balaban J connectivity index is 2.41. The molecule has 0 aromatic carbocycles. The van der Waals surface area contributed by atoms with Crippen LogP contribution in [0.5, 0.6) is 0 Å². The lowest BCUT2D eigenvalue weighted by Gasteiger charge is -2.40. The van der Waals surface area contributed by atoms with E-state index in [0.29, 0.717) is 12.8 Å². The second-order valence-electron chi connectivity index (χ2n) is 14.7. The first-order valence-corrected chi connectivity index (χ1v) is 20.7. The number of carbonyl (C=O) groups is 1. The van der Waals surface area contributed by atoms with Gasteiger partial charge in [0.25, 0.3) is 0 Å². The van der Waals surface area contributed by atoms with E-state index >= 15 is 0 Å². The summed E-state index contributed by atoms with van der Waals surface area (Å²) in [5.41, 5.74) is 0. The fraction of sp³-hybridized carbons (Fsp3) is 0.878.